The van der Waals surface area contributed by atoms with E-state index in [0.29, 0.717) is 37.4 Å². The largest absolute Gasteiger partial charge is 0.387 e. The van der Waals surface area contributed by atoms with Gasteiger partial charge in [0.2, 0.25) is 0 Å². The minimum absolute atomic E-state index is 0.174. The third kappa shape index (κ3) is 4.34. The number of nitrogens with zero attached hydrogens (tertiary/aromatic N) is 1. The summed E-state index contributed by atoms with van der Waals surface area (Å²) in [6.45, 7) is 6.18. The van der Waals surface area contributed by atoms with E-state index in [-0.39, 0.29) is 11.3 Å². The van der Waals surface area contributed by atoms with Gasteiger partial charge in [0.25, 0.3) is 0 Å². The van der Waals surface area contributed by atoms with Gasteiger partial charge in [-0.2, -0.15) is 0 Å². The molecule has 8 atom stereocenters. The predicted octanol–water partition coefficient (Wildman–Crippen LogP) is 5.73. The summed E-state index contributed by atoms with van der Waals surface area (Å²) in [4.78, 5) is 15.7. The van der Waals surface area contributed by atoms with E-state index in [0.717, 1.165) is 49.1 Å². The Kier molecular flexibility index (Phi) is 6.85. The third-order valence-electron chi connectivity index (χ3n) is 10.7. The van der Waals surface area contributed by atoms with E-state index in [9.17, 15) is 9.90 Å². The summed E-state index contributed by atoms with van der Waals surface area (Å²) in [6, 6.07) is 10.3. The Morgan fingerprint density at radius 1 is 1.03 bits per heavy atom. The smallest absolute Gasteiger partial charge is 0.155 e. The highest BCUT2D eigenvalue weighted by molar-refractivity contribution is 5.86. The number of para-hydroxylation sites is 1. The molecule has 0 aliphatic heterocycles. The minimum atomic E-state index is -0.608. The van der Waals surface area contributed by atoms with Gasteiger partial charge in [0.1, 0.15) is 0 Å². The van der Waals surface area contributed by atoms with Crippen LogP contribution in [0.5, 0.6) is 0 Å². The van der Waals surface area contributed by atoms with Crippen LogP contribution in [0.3, 0.4) is 0 Å². The number of ether oxygens (including phenoxy) is 1. The minimum Gasteiger partial charge on any atom is -0.387 e. The molecule has 0 radical (unpaired) electrons. The molecule has 4 fully saturated rings. The van der Waals surface area contributed by atoms with E-state index in [2.05, 4.69) is 31.0 Å². The zero-order valence-corrected chi connectivity index (χ0v) is 21.5. The fourth-order valence-electron chi connectivity index (χ4n) is 9.03. The molecule has 1 aromatic carbocycles. The van der Waals surface area contributed by atoms with Gasteiger partial charge in [-0.05, 0) is 112 Å². The number of aliphatic hydroxyl groups is 1. The fourth-order valence-corrected chi connectivity index (χ4v) is 9.03. The molecule has 4 aliphatic rings. The maximum absolute atomic E-state index is 13.6. The first-order valence-electron chi connectivity index (χ1n) is 13.9. The number of carbonyl (C=O) groups excluding carboxylic acids is 1. The number of ketones is 1. The average Bonchev–Trinajstić information content (AvgIpc) is 3.20. The molecule has 0 aromatic heterocycles. The number of fused-ring (bicyclic) bond motifs is 5. The van der Waals surface area contributed by atoms with E-state index >= 15 is 0 Å². The number of anilines is 1. The molecule has 34 heavy (non-hydrogen) atoms. The topological polar surface area (TPSA) is 49.8 Å². The van der Waals surface area contributed by atoms with Crippen molar-refractivity contribution >= 4 is 11.5 Å². The number of hydrogen-bond donors (Lipinski definition) is 1. The molecule has 4 saturated carbocycles. The number of benzene rings is 1. The maximum Gasteiger partial charge on any atom is 0.155 e. The lowest BCUT2D eigenvalue weighted by Crippen LogP contribution is -2.52. The van der Waals surface area contributed by atoms with Gasteiger partial charge in [-0.15, -0.1) is 0 Å². The Hall–Kier alpha value is -1.39. The summed E-state index contributed by atoms with van der Waals surface area (Å²) >= 11 is 0. The zero-order valence-electron chi connectivity index (χ0n) is 21.5. The second-order valence-corrected chi connectivity index (χ2v) is 12.4. The van der Waals surface area contributed by atoms with Crippen molar-refractivity contribution in [2.45, 2.75) is 77.2 Å². The number of likely N-dealkylation sites (N-methyl/N-ethyl adjacent to an activating group) is 1. The van der Waals surface area contributed by atoms with Crippen LogP contribution in [0, 0.1) is 40.9 Å². The van der Waals surface area contributed by atoms with E-state index in [1.807, 2.05) is 25.1 Å². The second kappa shape index (κ2) is 9.58. The molecule has 4 aliphatic carbocycles. The summed E-state index contributed by atoms with van der Waals surface area (Å²) in [5, 5.41) is 11.1. The van der Waals surface area contributed by atoms with Crippen molar-refractivity contribution < 1.29 is 14.6 Å². The van der Waals surface area contributed by atoms with Gasteiger partial charge in [0.05, 0.1) is 18.8 Å². The molecule has 4 nitrogen and oxygen atoms in total. The first-order valence-corrected chi connectivity index (χ1v) is 13.9. The van der Waals surface area contributed by atoms with Crippen molar-refractivity contribution in [1.29, 1.82) is 0 Å². The van der Waals surface area contributed by atoms with Crippen molar-refractivity contribution in [2.75, 3.05) is 31.7 Å². The SMILES string of the molecule is CCOC[C@@]1(O)CCC2C(CCC3C2CC[C@@]2(C)C3CC[C@@H]2C(=O)CN(C)c2ccccc2)C1. The summed E-state index contributed by atoms with van der Waals surface area (Å²) < 4.78 is 5.64. The van der Waals surface area contributed by atoms with E-state index in [1.54, 1.807) is 0 Å². The van der Waals surface area contributed by atoms with Crippen LogP contribution in [0.4, 0.5) is 5.69 Å². The molecule has 5 rings (SSSR count). The molecule has 1 N–H and O–H groups in total. The first-order chi connectivity index (χ1) is 16.3. The molecule has 4 heteroatoms. The Labute approximate surface area is 206 Å². The Balaban J connectivity index is 1.25. The third-order valence-corrected chi connectivity index (χ3v) is 10.7. The van der Waals surface area contributed by atoms with Crippen LogP contribution < -0.4 is 4.90 Å². The van der Waals surface area contributed by atoms with Crippen molar-refractivity contribution in [1.82, 2.24) is 0 Å². The number of hydrogen-bond acceptors (Lipinski definition) is 4. The second-order valence-electron chi connectivity index (χ2n) is 12.4. The summed E-state index contributed by atoms with van der Waals surface area (Å²) in [5.41, 5.74) is 0.690. The summed E-state index contributed by atoms with van der Waals surface area (Å²) in [7, 11) is 2.05. The highest BCUT2D eigenvalue weighted by atomic mass is 16.5. The Morgan fingerprint density at radius 3 is 2.56 bits per heavy atom. The van der Waals surface area contributed by atoms with Crippen LogP contribution in [0.1, 0.15) is 71.6 Å². The van der Waals surface area contributed by atoms with Crippen LogP contribution in [0.2, 0.25) is 0 Å². The summed E-state index contributed by atoms with van der Waals surface area (Å²) in [5.74, 6) is 4.36. The van der Waals surface area contributed by atoms with Crippen LogP contribution >= 0.6 is 0 Å². The van der Waals surface area contributed by atoms with Gasteiger partial charge in [-0.25, -0.2) is 0 Å². The van der Waals surface area contributed by atoms with E-state index in [4.69, 9.17) is 4.74 Å². The highest BCUT2D eigenvalue weighted by Gasteiger charge is 2.59. The molecule has 1 aromatic rings. The predicted molar refractivity (Wildman–Crippen MR) is 137 cm³/mol. The number of Topliss-reactive ketones (excluding diaryl/α,β-unsaturated/α-hetero) is 1. The van der Waals surface area contributed by atoms with Crippen LogP contribution in [-0.2, 0) is 9.53 Å². The monoisotopic (exact) mass is 467 g/mol. The van der Waals surface area contributed by atoms with Gasteiger partial charge >= 0.3 is 0 Å². The fraction of sp³-hybridized carbons (Fsp3) is 0.767. The zero-order chi connectivity index (χ0) is 23.9. The van der Waals surface area contributed by atoms with Gasteiger partial charge < -0.3 is 14.7 Å². The Bertz CT molecular complexity index is 858. The summed E-state index contributed by atoms with van der Waals surface area (Å²) in [6.07, 6.45) is 10.3. The molecule has 0 saturated heterocycles. The molecular formula is C30H45NO3. The van der Waals surface area contributed by atoms with E-state index < -0.39 is 5.60 Å². The molecule has 0 bridgehead atoms. The van der Waals surface area contributed by atoms with Crippen LogP contribution in [0.15, 0.2) is 30.3 Å². The van der Waals surface area contributed by atoms with Crippen LogP contribution in [-0.4, -0.2) is 43.3 Å². The molecule has 0 amide bonds. The lowest BCUT2D eigenvalue weighted by Gasteiger charge is -2.57. The first kappa shape index (κ1) is 24.3. The standard InChI is InChI=1S/C30H45NO3/c1-4-34-20-30(33)17-15-23-21(18-30)10-11-25-24(23)14-16-29(2)26(25)12-13-27(29)28(32)19-31(3)22-8-6-5-7-9-22/h5-9,21,23-27,33H,4,10-20H2,1-3H3/t21?,23?,24?,25?,26?,27-,29+,30-/m1/s1. The maximum atomic E-state index is 13.6. The Morgan fingerprint density at radius 2 is 1.79 bits per heavy atom. The van der Waals surface area contributed by atoms with Gasteiger partial charge in [0, 0.05) is 25.3 Å². The quantitative estimate of drug-likeness (QED) is 0.556. The highest BCUT2D eigenvalue weighted by Crippen LogP contribution is 2.64. The van der Waals surface area contributed by atoms with Crippen molar-refractivity contribution in [2.24, 2.45) is 40.9 Å². The molecule has 0 heterocycles. The van der Waals surface area contributed by atoms with Crippen molar-refractivity contribution in [3.05, 3.63) is 30.3 Å². The lowest BCUT2D eigenvalue weighted by atomic mass is 9.49. The number of rotatable bonds is 7. The van der Waals surface area contributed by atoms with Gasteiger partial charge in [-0.1, -0.05) is 25.1 Å². The molecule has 0 spiro atoms. The molecule has 188 valence electrons. The molecular weight excluding hydrogens is 422 g/mol. The lowest BCUT2D eigenvalue weighted by molar-refractivity contribution is -0.136. The van der Waals surface area contributed by atoms with Gasteiger partial charge in [-0.3, -0.25) is 4.79 Å². The molecule has 5 unspecified atom stereocenters. The van der Waals surface area contributed by atoms with E-state index in [1.165, 1.54) is 32.1 Å². The average molecular weight is 468 g/mol. The van der Waals surface area contributed by atoms with Crippen molar-refractivity contribution in [3.8, 4) is 0 Å². The normalized spacial score (nSPS) is 41.3. The number of carbonyl (C=O) groups is 1. The van der Waals surface area contributed by atoms with Gasteiger partial charge in [0.15, 0.2) is 5.78 Å². The van der Waals surface area contributed by atoms with Crippen molar-refractivity contribution in [3.63, 3.8) is 0 Å². The van der Waals surface area contributed by atoms with Crippen LogP contribution in [0.25, 0.3) is 0 Å².